The minimum atomic E-state index is -0.586. The Morgan fingerprint density at radius 2 is 1.91 bits per heavy atom. The van der Waals surface area contributed by atoms with E-state index in [9.17, 15) is 9.59 Å². The maximum atomic E-state index is 13.1. The van der Waals surface area contributed by atoms with Crippen molar-refractivity contribution in [3.63, 3.8) is 0 Å². The average molecular weight is 478 g/mol. The number of piperazine rings is 1. The molecular formula is C26H31N5O4. The van der Waals surface area contributed by atoms with Gasteiger partial charge >= 0.3 is 6.03 Å². The molecule has 2 aromatic rings. The Kier molecular flexibility index (Phi) is 6.50. The molecule has 0 aromatic heterocycles. The number of ether oxygens (including phenoxy) is 2. The molecule has 5 rings (SSSR count). The molecule has 0 bridgehead atoms. The standard InChI is InChI=1S/C26H31N5O4/c1-29-12-14-30(15-13-29)22-17-21(34-2)16-18-4-9-23(35-24(18)22)25(32)28-19-5-7-20(8-6-19)31-11-3-10-27-26(31)33/h3,5-8,11,16-17,23H,4,9-10,12-15H2,1-2H3,(H,27,33)(H,28,32). The molecule has 184 valence electrons. The first-order valence-electron chi connectivity index (χ1n) is 12.0. The molecule has 1 atom stereocenters. The molecule has 3 heterocycles. The highest BCUT2D eigenvalue weighted by atomic mass is 16.5. The number of fused-ring (bicyclic) bond motifs is 1. The van der Waals surface area contributed by atoms with Crippen LogP contribution in [0.15, 0.2) is 48.7 Å². The van der Waals surface area contributed by atoms with E-state index in [0.29, 0.717) is 18.7 Å². The molecule has 0 aliphatic carbocycles. The van der Waals surface area contributed by atoms with E-state index in [0.717, 1.165) is 61.0 Å². The number of aryl methyl sites for hydroxylation is 1. The lowest BCUT2D eigenvalue weighted by Gasteiger charge is -2.37. The van der Waals surface area contributed by atoms with E-state index in [4.69, 9.17) is 9.47 Å². The molecular weight excluding hydrogens is 446 g/mol. The number of nitrogens with zero attached hydrogens (tertiary/aromatic N) is 3. The van der Waals surface area contributed by atoms with Gasteiger partial charge in [-0.15, -0.1) is 0 Å². The summed E-state index contributed by atoms with van der Waals surface area (Å²) in [6, 6.07) is 11.0. The number of benzene rings is 2. The van der Waals surface area contributed by atoms with Gasteiger partial charge in [0, 0.05) is 56.2 Å². The molecule has 9 nitrogen and oxygen atoms in total. The summed E-state index contributed by atoms with van der Waals surface area (Å²) < 4.78 is 11.9. The zero-order valence-electron chi connectivity index (χ0n) is 20.1. The number of urea groups is 1. The maximum absolute atomic E-state index is 13.1. The molecule has 35 heavy (non-hydrogen) atoms. The van der Waals surface area contributed by atoms with Gasteiger partial charge in [-0.2, -0.15) is 0 Å². The normalized spacial score (nSPS) is 20.1. The summed E-state index contributed by atoms with van der Waals surface area (Å²) >= 11 is 0. The Morgan fingerprint density at radius 1 is 1.14 bits per heavy atom. The van der Waals surface area contributed by atoms with Crippen molar-refractivity contribution in [2.24, 2.45) is 0 Å². The van der Waals surface area contributed by atoms with E-state index in [1.165, 1.54) is 4.90 Å². The van der Waals surface area contributed by atoms with Crippen molar-refractivity contribution >= 4 is 29.0 Å². The summed E-state index contributed by atoms with van der Waals surface area (Å²) in [4.78, 5) is 31.3. The quantitative estimate of drug-likeness (QED) is 0.689. The van der Waals surface area contributed by atoms with Crippen molar-refractivity contribution in [1.29, 1.82) is 0 Å². The van der Waals surface area contributed by atoms with Crippen LogP contribution < -0.4 is 29.9 Å². The van der Waals surface area contributed by atoms with Crippen LogP contribution in [0.25, 0.3) is 0 Å². The number of likely N-dealkylation sites (N-methyl/N-ethyl adjacent to an activating group) is 1. The molecule has 3 amide bonds. The van der Waals surface area contributed by atoms with E-state index in [1.807, 2.05) is 18.2 Å². The van der Waals surface area contributed by atoms with E-state index in [-0.39, 0.29) is 11.9 Å². The topological polar surface area (TPSA) is 86.4 Å². The van der Waals surface area contributed by atoms with Gasteiger partial charge < -0.3 is 29.9 Å². The Labute approximate surface area is 205 Å². The van der Waals surface area contributed by atoms with Gasteiger partial charge in [0.25, 0.3) is 5.91 Å². The summed E-state index contributed by atoms with van der Waals surface area (Å²) in [6.07, 6.45) is 4.36. The van der Waals surface area contributed by atoms with Crippen molar-refractivity contribution in [2.75, 3.05) is 62.0 Å². The molecule has 2 aromatic carbocycles. The highest BCUT2D eigenvalue weighted by Crippen LogP contribution is 2.41. The highest BCUT2D eigenvalue weighted by molar-refractivity contribution is 5.97. The number of nitrogens with one attached hydrogen (secondary N) is 2. The minimum Gasteiger partial charge on any atom is -0.497 e. The Balaban J connectivity index is 1.30. The van der Waals surface area contributed by atoms with Crippen LogP contribution in [0.1, 0.15) is 12.0 Å². The SMILES string of the molecule is COc1cc2c(c(N3CCN(C)CC3)c1)OC(C(=O)Nc1ccc(N3C=CCNC3=O)cc1)CC2. The molecule has 9 heteroatoms. The van der Waals surface area contributed by atoms with E-state index >= 15 is 0 Å². The van der Waals surface area contributed by atoms with Gasteiger partial charge in [0.2, 0.25) is 0 Å². The van der Waals surface area contributed by atoms with Crippen LogP contribution in [0.5, 0.6) is 11.5 Å². The Morgan fingerprint density at radius 3 is 2.63 bits per heavy atom. The number of rotatable bonds is 5. The highest BCUT2D eigenvalue weighted by Gasteiger charge is 2.31. The average Bonchev–Trinajstić information content (AvgIpc) is 2.89. The second-order valence-corrected chi connectivity index (χ2v) is 9.05. The number of anilines is 3. The van der Waals surface area contributed by atoms with Gasteiger partial charge in [-0.3, -0.25) is 9.69 Å². The fourth-order valence-corrected chi connectivity index (χ4v) is 4.63. The first-order chi connectivity index (χ1) is 17.0. The zero-order chi connectivity index (χ0) is 24.4. The summed E-state index contributed by atoms with van der Waals surface area (Å²) in [5.41, 5.74) is 3.44. The third kappa shape index (κ3) is 4.90. The predicted molar refractivity (Wildman–Crippen MR) is 136 cm³/mol. The number of hydrogen-bond donors (Lipinski definition) is 2. The summed E-state index contributed by atoms with van der Waals surface area (Å²) in [5.74, 6) is 1.40. The Hall–Kier alpha value is -3.72. The Bertz CT molecular complexity index is 1130. The lowest BCUT2D eigenvalue weighted by atomic mass is 9.99. The van der Waals surface area contributed by atoms with Gasteiger partial charge in [-0.05, 0) is 56.3 Å². The number of methoxy groups -OCH3 is 1. The fraction of sp³-hybridized carbons (Fsp3) is 0.385. The molecule has 3 aliphatic rings. The van der Waals surface area contributed by atoms with Gasteiger partial charge in [-0.25, -0.2) is 4.79 Å². The zero-order valence-corrected chi connectivity index (χ0v) is 20.1. The third-order valence-corrected chi connectivity index (χ3v) is 6.69. The van der Waals surface area contributed by atoms with Gasteiger partial charge in [0.1, 0.15) is 11.5 Å². The number of amides is 3. The maximum Gasteiger partial charge on any atom is 0.326 e. The van der Waals surface area contributed by atoms with Gasteiger partial charge in [0.05, 0.1) is 18.5 Å². The molecule has 1 saturated heterocycles. The molecule has 2 N–H and O–H groups in total. The van der Waals surface area contributed by atoms with Crippen molar-refractivity contribution < 1.29 is 19.1 Å². The van der Waals surface area contributed by atoms with Gasteiger partial charge in [0.15, 0.2) is 6.10 Å². The number of carbonyl (C=O) groups is 2. The molecule has 0 radical (unpaired) electrons. The second-order valence-electron chi connectivity index (χ2n) is 9.05. The van der Waals surface area contributed by atoms with Crippen LogP contribution in [0.2, 0.25) is 0 Å². The van der Waals surface area contributed by atoms with Crippen LogP contribution in [-0.4, -0.2) is 69.8 Å². The molecule has 1 unspecified atom stereocenters. The predicted octanol–water partition coefficient (Wildman–Crippen LogP) is 2.82. The summed E-state index contributed by atoms with van der Waals surface area (Å²) in [6.45, 7) is 4.26. The molecule has 0 saturated carbocycles. The van der Waals surface area contributed by atoms with Crippen molar-refractivity contribution in [1.82, 2.24) is 10.2 Å². The largest absolute Gasteiger partial charge is 0.497 e. The van der Waals surface area contributed by atoms with Crippen molar-refractivity contribution in [2.45, 2.75) is 18.9 Å². The molecule has 3 aliphatic heterocycles. The van der Waals surface area contributed by atoms with E-state index in [2.05, 4.69) is 27.5 Å². The third-order valence-electron chi connectivity index (χ3n) is 6.69. The first kappa shape index (κ1) is 23.0. The van der Waals surface area contributed by atoms with Crippen LogP contribution >= 0.6 is 0 Å². The molecule has 1 fully saturated rings. The lowest BCUT2D eigenvalue weighted by molar-refractivity contribution is -0.123. The summed E-state index contributed by atoms with van der Waals surface area (Å²) in [5, 5.41) is 5.73. The van der Waals surface area contributed by atoms with Crippen LogP contribution in [0.3, 0.4) is 0 Å². The van der Waals surface area contributed by atoms with Crippen LogP contribution in [0, 0.1) is 0 Å². The van der Waals surface area contributed by atoms with Gasteiger partial charge in [-0.1, -0.05) is 0 Å². The molecule has 0 spiro atoms. The lowest BCUT2D eigenvalue weighted by Crippen LogP contribution is -2.45. The van der Waals surface area contributed by atoms with Crippen molar-refractivity contribution in [3.05, 3.63) is 54.2 Å². The summed E-state index contributed by atoms with van der Waals surface area (Å²) in [7, 11) is 3.80. The van der Waals surface area contributed by atoms with Crippen molar-refractivity contribution in [3.8, 4) is 11.5 Å². The van der Waals surface area contributed by atoms with Crippen LogP contribution in [-0.2, 0) is 11.2 Å². The smallest absolute Gasteiger partial charge is 0.326 e. The second kappa shape index (κ2) is 9.87. The first-order valence-corrected chi connectivity index (χ1v) is 12.0. The number of carbonyl (C=O) groups excluding carboxylic acids is 2. The van der Waals surface area contributed by atoms with E-state index < -0.39 is 6.10 Å². The van der Waals surface area contributed by atoms with E-state index in [1.54, 1.807) is 37.6 Å². The fourth-order valence-electron chi connectivity index (χ4n) is 4.63. The number of hydrogen-bond acceptors (Lipinski definition) is 6. The monoisotopic (exact) mass is 477 g/mol. The minimum absolute atomic E-state index is 0.175. The van der Waals surface area contributed by atoms with Crippen LogP contribution in [0.4, 0.5) is 21.9 Å².